The number of halogens is 1. The van der Waals surface area contributed by atoms with Crippen LogP contribution in [0.25, 0.3) is 11.3 Å². The summed E-state index contributed by atoms with van der Waals surface area (Å²) in [5.41, 5.74) is 5.06. The zero-order valence-electron chi connectivity index (χ0n) is 18.4. The lowest BCUT2D eigenvalue weighted by Gasteiger charge is -2.37. The number of nitrogens with zero attached hydrogens (tertiary/aromatic N) is 3. The van der Waals surface area contributed by atoms with Crippen LogP contribution in [0.3, 0.4) is 0 Å². The van der Waals surface area contributed by atoms with Crippen LogP contribution in [0.5, 0.6) is 0 Å². The van der Waals surface area contributed by atoms with Gasteiger partial charge in [-0.1, -0.05) is 35.0 Å². The summed E-state index contributed by atoms with van der Waals surface area (Å²) >= 11 is 0. The number of aromatic nitrogens is 1. The monoisotopic (exact) mass is 422 g/mol. The molecule has 5 nitrogen and oxygen atoms in total. The topological polar surface area (TPSA) is 44.5 Å². The minimum atomic E-state index is -0.284. The molecule has 1 N–H and O–H groups in total. The van der Waals surface area contributed by atoms with E-state index in [-0.39, 0.29) is 5.82 Å². The summed E-state index contributed by atoms with van der Waals surface area (Å²) in [6.07, 6.45) is 1.08. The number of benzene rings is 2. The zero-order valence-corrected chi connectivity index (χ0v) is 18.4. The zero-order chi connectivity index (χ0) is 21.6. The molecule has 0 saturated carbocycles. The van der Waals surface area contributed by atoms with Crippen molar-refractivity contribution in [2.45, 2.75) is 26.8 Å². The Kier molecular flexibility index (Phi) is 6.99. The van der Waals surface area contributed by atoms with Crippen LogP contribution in [0.1, 0.15) is 23.3 Å². The summed E-state index contributed by atoms with van der Waals surface area (Å²) in [5, 5.41) is 7.40. The molecule has 0 bridgehead atoms. The maximum absolute atomic E-state index is 13.9. The van der Waals surface area contributed by atoms with Crippen molar-refractivity contribution in [1.82, 2.24) is 15.4 Å². The van der Waals surface area contributed by atoms with Gasteiger partial charge in [0.05, 0.1) is 6.54 Å². The van der Waals surface area contributed by atoms with Gasteiger partial charge in [-0.3, -0.25) is 4.90 Å². The Hall–Kier alpha value is -2.70. The molecule has 1 aliphatic heterocycles. The Morgan fingerprint density at radius 2 is 1.84 bits per heavy atom. The van der Waals surface area contributed by atoms with Gasteiger partial charge in [-0.2, -0.15) is 0 Å². The van der Waals surface area contributed by atoms with Crippen LogP contribution in [0.4, 0.5) is 10.1 Å². The van der Waals surface area contributed by atoms with Crippen molar-refractivity contribution >= 4 is 5.69 Å². The van der Waals surface area contributed by atoms with Gasteiger partial charge in [0.25, 0.3) is 0 Å². The molecule has 3 aromatic rings. The van der Waals surface area contributed by atoms with Crippen molar-refractivity contribution in [3.8, 4) is 11.3 Å². The maximum Gasteiger partial charge on any atom is 0.151 e. The summed E-state index contributed by atoms with van der Waals surface area (Å²) in [7, 11) is 0. The van der Waals surface area contributed by atoms with Gasteiger partial charge < -0.3 is 14.7 Å². The molecule has 0 atom stereocenters. The van der Waals surface area contributed by atoms with Gasteiger partial charge in [0.1, 0.15) is 11.5 Å². The molecule has 0 aliphatic carbocycles. The molecule has 164 valence electrons. The van der Waals surface area contributed by atoms with Crippen molar-refractivity contribution in [3.63, 3.8) is 0 Å². The minimum absolute atomic E-state index is 0.284. The molecule has 1 saturated heterocycles. The quantitative estimate of drug-likeness (QED) is 0.545. The minimum Gasteiger partial charge on any atom is -0.369 e. The normalized spacial score (nSPS) is 14.9. The Labute approximate surface area is 183 Å². The molecule has 2 aromatic carbocycles. The van der Waals surface area contributed by atoms with Crippen LogP contribution in [0.2, 0.25) is 0 Å². The highest BCUT2D eigenvalue weighted by Gasteiger charge is 2.18. The number of aryl methyl sites for hydroxylation is 2. The van der Waals surface area contributed by atoms with Gasteiger partial charge in [0.15, 0.2) is 5.76 Å². The molecule has 0 amide bonds. The Bertz CT molecular complexity index is 995. The van der Waals surface area contributed by atoms with Crippen LogP contribution in [0.15, 0.2) is 53.1 Å². The van der Waals surface area contributed by atoms with Crippen molar-refractivity contribution in [2.24, 2.45) is 0 Å². The first kappa shape index (κ1) is 21.5. The molecule has 0 spiro atoms. The molecule has 0 unspecified atom stereocenters. The van der Waals surface area contributed by atoms with Gasteiger partial charge in [0.2, 0.25) is 0 Å². The molecule has 1 aromatic heterocycles. The van der Waals surface area contributed by atoms with Crippen molar-refractivity contribution in [1.29, 1.82) is 0 Å². The highest BCUT2D eigenvalue weighted by atomic mass is 19.1. The molecule has 6 heteroatoms. The smallest absolute Gasteiger partial charge is 0.151 e. The van der Waals surface area contributed by atoms with E-state index in [1.807, 2.05) is 0 Å². The third-order valence-corrected chi connectivity index (χ3v) is 5.90. The predicted molar refractivity (Wildman–Crippen MR) is 123 cm³/mol. The second-order valence-corrected chi connectivity index (χ2v) is 8.31. The summed E-state index contributed by atoms with van der Waals surface area (Å²) in [6.45, 7) is 11.3. The highest BCUT2D eigenvalue weighted by Crippen LogP contribution is 2.23. The van der Waals surface area contributed by atoms with Gasteiger partial charge >= 0.3 is 0 Å². The Morgan fingerprint density at radius 1 is 1.03 bits per heavy atom. The van der Waals surface area contributed by atoms with Crippen LogP contribution in [-0.4, -0.2) is 49.3 Å². The molecular formula is C25H31FN4O. The first-order valence-corrected chi connectivity index (χ1v) is 11.1. The largest absolute Gasteiger partial charge is 0.369 e. The predicted octanol–water partition coefficient (Wildman–Crippen LogP) is 4.40. The standard InChI is InChI=1S/C25H31FN4O/c1-19-8-9-25(20(2)16-19)30-14-12-29(13-15-30)11-5-10-27-18-21-17-24(28-31-21)22-6-3-4-7-23(22)26/h3-4,6-9,16-17,27H,5,10-15,18H2,1-2H3. The van der Waals surface area contributed by atoms with E-state index in [1.54, 1.807) is 24.3 Å². The number of hydrogen-bond donors (Lipinski definition) is 1. The molecule has 4 rings (SSSR count). The molecule has 1 fully saturated rings. The first-order valence-electron chi connectivity index (χ1n) is 11.1. The number of anilines is 1. The van der Waals surface area contributed by atoms with Gasteiger partial charge in [-0.25, -0.2) is 4.39 Å². The van der Waals surface area contributed by atoms with Gasteiger partial charge in [0, 0.05) is 43.5 Å². The second kappa shape index (κ2) is 10.1. The molecular weight excluding hydrogens is 391 g/mol. The average molecular weight is 423 g/mol. The molecule has 2 heterocycles. The Balaban J connectivity index is 1.15. The second-order valence-electron chi connectivity index (χ2n) is 8.31. The Morgan fingerprint density at radius 3 is 2.61 bits per heavy atom. The SMILES string of the molecule is Cc1ccc(N2CCN(CCCNCc3cc(-c4ccccc4F)no3)CC2)c(C)c1. The van der Waals surface area contributed by atoms with Crippen LogP contribution in [-0.2, 0) is 6.54 Å². The number of hydrogen-bond acceptors (Lipinski definition) is 5. The van der Waals surface area contributed by atoms with Crippen LogP contribution >= 0.6 is 0 Å². The summed E-state index contributed by atoms with van der Waals surface area (Å²) < 4.78 is 19.2. The van der Waals surface area contributed by atoms with E-state index in [9.17, 15) is 4.39 Å². The fraction of sp³-hybridized carbons (Fsp3) is 0.400. The third-order valence-electron chi connectivity index (χ3n) is 5.90. The van der Waals surface area contributed by atoms with E-state index in [1.165, 1.54) is 22.9 Å². The van der Waals surface area contributed by atoms with E-state index in [0.717, 1.165) is 51.4 Å². The highest BCUT2D eigenvalue weighted by molar-refractivity contribution is 5.59. The summed E-state index contributed by atoms with van der Waals surface area (Å²) in [6, 6.07) is 15.1. The molecule has 1 aliphatic rings. The average Bonchev–Trinajstić information content (AvgIpc) is 3.23. The van der Waals surface area contributed by atoms with Crippen molar-refractivity contribution in [3.05, 3.63) is 71.2 Å². The number of rotatable bonds is 8. The molecule has 0 radical (unpaired) electrons. The lowest BCUT2D eigenvalue weighted by molar-refractivity contribution is 0.253. The lowest BCUT2D eigenvalue weighted by atomic mass is 10.1. The third kappa shape index (κ3) is 5.51. The fourth-order valence-electron chi connectivity index (χ4n) is 4.20. The van der Waals surface area contributed by atoms with Crippen molar-refractivity contribution in [2.75, 3.05) is 44.2 Å². The summed E-state index contributed by atoms with van der Waals surface area (Å²) in [4.78, 5) is 5.03. The van der Waals surface area contributed by atoms with E-state index in [2.05, 4.69) is 52.3 Å². The van der Waals surface area contributed by atoms with E-state index < -0.39 is 0 Å². The van der Waals surface area contributed by atoms with E-state index in [0.29, 0.717) is 17.8 Å². The number of nitrogens with one attached hydrogen (secondary N) is 1. The number of piperazine rings is 1. The van der Waals surface area contributed by atoms with Gasteiger partial charge in [-0.15, -0.1) is 0 Å². The lowest BCUT2D eigenvalue weighted by Crippen LogP contribution is -2.47. The van der Waals surface area contributed by atoms with Crippen LogP contribution in [0, 0.1) is 19.7 Å². The fourth-order valence-corrected chi connectivity index (χ4v) is 4.20. The van der Waals surface area contributed by atoms with Crippen LogP contribution < -0.4 is 10.2 Å². The van der Waals surface area contributed by atoms with E-state index >= 15 is 0 Å². The molecule has 31 heavy (non-hydrogen) atoms. The summed E-state index contributed by atoms with van der Waals surface area (Å²) in [5.74, 6) is 0.438. The van der Waals surface area contributed by atoms with E-state index in [4.69, 9.17) is 4.52 Å². The maximum atomic E-state index is 13.9. The van der Waals surface area contributed by atoms with Gasteiger partial charge in [-0.05, 0) is 57.1 Å². The first-order chi connectivity index (χ1) is 15.1. The van der Waals surface area contributed by atoms with Crippen molar-refractivity contribution < 1.29 is 8.91 Å².